The lowest BCUT2D eigenvalue weighted by atomic mass is 10.2. The van der Waals surface area contributed by atoms with E-state index in [1.165, 1.54) is 0 Å². The van der Waals surface area contributed by atoms with Gasteiger partial charge in [-0.15, -0.1) is 0 Å². The fraction of sp³-hybridized carbons (Fsp3) is 0. The van der Waals surface area contributed by atoms with Gasteiger partial charge in [0, 0.05) is 22.4 Å². The Morgan fingerprint density at radius 3 is 2.55 bits per heavy atom. The summed E-state index contributed by atoms with van der Waals surface area (Å²) in [5.74, 6) is 0.764. The van der Waals surface area contributed by atoms with Crippen LogP contribution >= 0.6 is 39.1 Å². The SMILES string of the molecule is Clc1ccccc1-c1nccn1-c1ccc(Br)cc1Cl. The second kappa shape index (κ2) is 5.60. The van der Waals surface area contributed by atoms with Crippen molar-refractivity contribution in [3.63, 3.8) is 0 Å². The first-order valence-corrected chi connectivity index (χ1v) is 7.45. The van der Waals surface area contributed by atoms with Crippen molar-refractivity contribution in [1.82, 2.24) is 9.55 Å². The summed E-state index contributed by atoms with van der Waals surface area (Å²) in [6.45, 7) is 0. The van der Waals surface area contributed by atoms with E-state index in [2.05, 4.69) is 20.9 Å². The predicted octanol–water partition coefficient (Wildman–Crippen LogP) is 5.61. The number of hydrogen-bond acceptors (Lipinski definition) is 1. The molecule has 0 bridgehead atoms. The fourth-order valence-electron chi connectivity index (χ4n) is 2.02. The monoisotopic (exact) mass is 366 g/mol. The number of halogens is 3. The van der Waals surface area contributed by atoms with E-state index in [4.69, 9.17) is 23.2 Å². The molecule has 0 atom stereocenters. The van der Waals surface area contributed by atoms with Crippen LogP contribution in [0.4, 0.5) is 0 Å². The van der Waals surface area contributed by atoms with Crippen LogP contribution in [0.3, 0.4) is 0 Å². The van der Waals surface area contributed by atoms with Gasteiger partial charge < -0.3 is 0 Å². The standard InChI is InChI=1S/C15H9BrCl2N2/c16-10-5-6-14(13(18)9-10)20-8-7-19-15(20)11-3-1-2-4-12(11)17/h1-9H. The van der Waals surface area contributed by atoms with Gasteiger partial charge in [0.2, 0.25) is 0 Å². The van der Waals surface area contributed by atoms with Crippen LogP contribution < -0.4 is 0 Å². The van der Waals surface area contributed by atoms with Crippen molar-refractivity contribution in [3.8, 4) is 17.1 Å². The summed E-state index contributed by atoms with van der Waals surface area (Å²) in [4.78, 5) is 4.40. The molecule has 20 heavy (non-hydrogen) atoms. The summed E-state index contributed by atoms with van der Waals surface area (Å²) in [7, 11) is 0. The lowest BCUT2D eigenvalue weighted by Crippen LogP contribution is -1.97. The molecule has 3 rings (SSSR count). The third-order valence-corrected chi connectivity index (χ3v) is 4.05. The van der Waals surface area contributed by atoms with Crippen molar-refractivity contribution >= 4 is 39.1 Å². The summed E-state index contributed by atoms with van der Waals surface area (Å²) in [6, 6.07) is 13.3. The molecule has 1 heterocycles. The summed E-state index contributed by atoms with van der Waals surface area (Å²) < 4.78 is 2.86. The van der Waals surface area contributed by atoms with Crippen LogP contribution in [0.15, 0.2) is 59.3 Å². The highest BCUT2D eigenvalue weighted by molar-refractivity contribution is 9.10. The molecule has 2 aromatic carbocycles. The van der Waals surface area contributed by atoms with Crippen LogP contribution in [0.2, 0.25) is 10.0 Å². The molecule has 2 nitrogen and oxygen atoms in total. The summed E-state index contributed by atoms with van der Waals surface area (Å²) >= 11 is 16.0. The van der Waals surface area contributed by atoms with Crippen LogP contribution in [-0.4, -0.2) is 9.55 Å². The third-order valence-electron chi connectivity index (χ3n) is 2.92. The second-order valence-electron chi connectivity index (χ2n) is 4.20. The van der Waals surface area contributed by atoms with Crippen LogP contribution in [0.25, 0.3) is 17.1 Å². The van der Waals surface area contributed by atoms with Gasteiger partial charge in [0.15, 0.2) is 0 Å². The Balaban J connectivity index is 2.18. The van der Waals surface area contributed by atoms with Gasteiger partial charge in [-0.05, 0) is 30.3 Å². The Kier molecular flexibility index (Phi) is 3.83. The Morgan fingerprint density at radius 2 is 1.80 bits per heavy atom. The Labute approximate surface area is 135 Å². The molecule has 0 fully saturated rings. The van der Waals surface area contributed by atoms with E-state index in [9.17, 15) is 0 Å². The Bertz CT molecular complexity index is 768. The van der Waals surface area contributed by atoms with E-state index >= 15 is 0 Å². The summed E-state index contributed by atoms with van der Waals surface area (Å²) in [5, 5.41) is 1.30. The summed E-state index contributed by atoms with van der Waals surface area (Å²) in [5.41, 5.74) is 1.74. The van der Waals surface area contributed by atoms with Crippen molar-refractivity contribution in [2.24, 2.45) is 0 Å². The lowest BCUT2D eigenvalue weighted by molar-refractivity contribution is 1.07. The van der Waals surface area contributed by atoms with E-state index in [-0.39, 0.29) is 0 Å². The minimum absolute atomic E-state index is 0.644. The molecule has 0 radical (unpaired) electrons. The molecular weight excluding hydrogens is 359 g/mol. The number of nitrogens with zero attached hydrogens (tertiary/aromatic N) is 2. The molecular formula is C15H9BrCl2N2. The third kappa shape index (κ3) is 2.49. The van der Waals surface area contributed by atoms with E-state index in [0.717, 1.165) is 21.5 Å². The first-order chi connectivity index (χ1) is 9.66. The van der Waals surface area contributed by atoms with Crippen molar-refractivity contribution < 1.29 is 0 Å². The minimum Gasteiger partial charge on any atom is -0.298 e. The number of benzene rings is 2. The molecule has 0 saturated heterocycles. The maximum Gasteiger partial charge on any atom is 0.146 e. The maximum absolute atomic E-state index is 6.31. The molecule has 0 N–H and O–H groups in total. The number of hydrogen-bond donors (Lipinski definition) is 0. The fourth-order valence-corrected chi connectivity index (χ4v) is 3.00. The largest absolute Gasteiger partial charge is 0.298 e. The van der Waals surface area contributed by atoms with E-state index in [1.807, 2.05) is 53.2 Å². The van der Waals surface area contributed by atoms with Gasteiger partial charge >= 0.3 is 0 Å². The van der Waals surface area contributed by atoms with Crippen molar-refractivity contribution in [1.29, 1.82) is 0 Å². The smallest absolute Gasteiger partial charge is 0.146 e. The molecule has 0 unspecified atom stereocenters. The first-order valence-electron chi connectivity index (χ1n) is 5.90. The van der Waals surface area contributed by atoms with Gasteiger partial charge in [0.25, 0.3) is 0 Å². The highest BCUT2D eigenvalue weighted by atomic mass is 79.9. The van der Waals surface area contributed by atoms with Crippen molar-refractivity contribution in [2.75, 3.05) is 0 Å². The zero-order valence-corrected chi connectivity index (χ0v) is 13.3. The molecule has 0 saturated carbocycles. The van der Waals surface area contributed by atoms with Crippen molar-refractivity contribution in [3.05, 3.63) is 69.4 Å². The molecule has 1 aromatic heterocycles. The molecule has 100 valence electrons. The van der Waals surface area contributed by atoms with E-state index in [1.54, 1.807) is 6.20 Å². The lowest BCUT2D eigenvalue weighted by Gasteiger charge is -2.11. The summed E-state index contributed by atoms with van der Waals surface area (Å²) in [6.07, 6.45) is 3.60. The van der Waals surface area contributed by atoms with Gasteiger partial charge in [-0.2, -0.15) is 0 Å². The Morgan fingerprint density at radius 1 is 1.00 bits per heavy atom. The average molecular weight is 368 g/mol. The normalized spacial score (nSPS) is 10.8. The van der Waals surface area contributed by atoms with Crippen LogP contribution in [0.5, 0.6) is 0 Å². The van der Waals surface area contributed by atoms with Gasteiger partial charge in [-0.25, -0.2) is 4.98 Å². The second-order valence-corrected chi connectivity index (χ2v) is 5.93. The molecule has 3 aromatic rings. The maximum atomic E-state index is 6.31. The molecule has 0 amide bonds. The topological polar surface area (TPSA) is 17.8 Å². The number of imidazole rings is 1. The predicted molar refractivity (Wildman–Crippen MR) is 86.7 cm³/mol. The molecule has 5 heteroatoms. The van der Waals surface area contributed by atoms with Gasteiger partial charge in [-0.1, -0.05) is 51.3 Å². The average Bonchev–Trinajstić information content (AvgIpc) is 2.88. The van der Waals surface area contributed by atoms with Crippen LogP contribution in [0, 0.1) is 0 Å². The zero-order valence-electron chi connectivity index (χ0n) is 10.2. The van der Waals surface area contributed by atoms with Gasteiger partial charge in [0.1, 0.15) is 5.82 Å². The Hall–Kier alpha value is -1.29. The zero-order chi connectivity index (χ0) is 14.1. The molecule has 0 aliphatic carbocycles. The highest BCUT2D eigenvalue weighted by Crippen LogP contribution is 2.31. The molecule has 0 spiro atoms. The molecule has 0 aliphatic rings. The van der Waals surface area contributed by atoms with Gasteiger partial charge in [-0.3, -0.25) is 4.57 Å². The van der Waals surface area contributed by atoms with E-state index in [0.29, 0.717) is 10.0 Å². The number of aromatic nitrogens is 2. The van der Waals surface area contributed by atoms with E-state index < -0.39 is 0 Å². The quantitative estimate of drug-likeness (QED) is 0.575. The highest BCUT2D eigenvalue weighted by Gasteiger charge is 2.12. The minimum atomic E-state index is 0.644. The number of rotatable bonds is 2. The van der Waals surface area contributed by atoms with Crippen LogP contribution in [0.1, 0.15) is 0 Å². The van der Waals surface area contributed by atoms with Crippen molar-refractivity contribution in [2.45, 2.75) is 0 Å². The van der Waals surface area contributed by atoms with Gasteiger partial charge in [0.05, 0.1) is 15.7 Å². The molecule has 0 aliphatic heterocycles. The first kappa shape index (κ1) is 13.7. The van der Waals surface area contributed by atoms with Crippen LogP contribution in [-0.2, 0) is 0 Å².